The van der Waals surface area contributed by atoms with Crippen molar-refractivity contribution in [1.82, 2.24) is 19.9 Å². The van der Waals surface area contributed by atoms with Crippen LogP contribution in [0.4, 0.5) is 4.39 Å². The monoisotopic (exact) mass is 410 g/mol. The van der Waals surface area contributed by atoms with Crippen molar-refractivity contribution in [3.63, 3.8) is 0 Å². The molecule has 0 unspecified atom stereocenters. The molecular weight excluding hydrogens is 395 g/mol. The molecule has 0 spiro atoms. The number of carbonyl (C=O) groups is 1. The molecule has 0 aliphatic carbocycles. The van der Waals surface area contributed by atoms with E-state index in [2.05, 4.69) is 15.4 Å². The number of hydrogen-bond donors (Lipinski definition) is 1. The molecule has 146 valence electrons. The molecule has 0 aliphatic heterocycles. The van der Waals surface area contributed by atoms with Gasteiger partial charge in [-0.05, 0) is 24.3 Å². The smallest absolute Gasteiger partial charge is 0.275 e. The lowest BCUT2D eigenvalue weighted by Crippen LogP contribution is -2.29. The maximum Gasteiger partial charge on any atom is 0.275 e. The molecular formula is C20H15FN4O3S. The SMILES string of the molecule is O=C(COc1ccc(F)cc1)NCc1cc(=O)n2nc(-c3ccccc3)sc2n1. The van der Waals surface area contributed by atoms with Gasteiger partial charge in [0.2, 0.25) is 4.96 Å². The molecule has 2 heterocycles. The lowest BCUT2D eigenvalue weighted by Gasteiger charge is -2.07. The second-order valence-corrected chi connectivity index (χ2v) is 7.03. The average Bonchev–Trinajstić information content (AvgIpc) is 3.17. The summed E-state index contributed by atoms with van der Waals surface area (Å²) in [4.78, 5) is 29.1. The van der Waals surface area contributed by atoms with E-state index >= 15 is 0 Å². The summed E-state index contributed by atoms with van der Waals surface area (Å²) in [5.74, 6) is -0.379. The first-order chi connectivity index (χ1) is 14.1. The summed E-state index contributed by atoms with van der Waals surface area (Å²) in [5, 5.41) is 7.65. The Hall–Kier alpha value is -3.59. The Morgan fingerprint density at radius 1 is 1.14 bits per heavy atom. The van der Waals surface area contributed by atoms with Crippen LogP contribution in [0.15, 0.2) is 65.5 Å². The molecule has 2 aromatic carbocycles. The van der Waals surface area contributed by atoms with Gasteiger partial charge < -0.3 is 10.1 Å². The third-order valence-corrected chi connectivity index (χ3v) is 4.93. The maximum absolute atomic E-state index is 12.9. The fraction of sp³-hybridized carbons (Fsp3) is 0.100. The highest BCUT2D eigenvalue weighted by molar-refractivity contribution is 7.19. The fourth-order valence-electron chi connectivity index (χ4n) is 2.56. The van der Waals surface area contributed by atoms with Crippen molar-refractivity contribution in [3.05, 3.63) is 82.5 Å². The number of halogens is 1. The van der Waals surface area contributed by atoms with Gasteiger partial charge in [-0.25, -0.2) is 9.37 Å². The molecule has 7 nitrogen and oxygen atoms in total. The number of ether oxygens (including phenoxy) is 1. The molecule has 29 heavy (non-hydrogen) atoms. The van der Waals surface area contributed by atoms with Crippen molar-refractivity contribution < 1.29 is 13.9 Å². The van der Waals surface area contributed by atoms with Crippen LogP contribution in [0.25, 0.3) is 15.5 Å². The summed E-state index contributed by atoms with van der Waals surface area (Å²) in [6, 6.07) is 16.2. The second kappa shape index (κ2) is 8.19. The van der Waals surface area contributed by atoms with Gasteiger partial charge in [0, 0.05) is 11.6 Å². The van der Waals surface area contributed by atoms with Crippen LogP contribution in [-0.4, -0.2) is 27.1 Å². The predicted octanol–water partition coefficient (Wildman–Crippen LogP) is 2.65. The summed E-state index contributed by atoms with van der Waals surface area (Å²) >= 11 is 1.29. The van der Waals surface area contributed by atoms with Crippen LogP contribution in [0.1, 0.15) is 5.69 Å². The zero-order valence-corrected chi connectivity index (χ0v) is 15.9. The summed E-state index contributed by atoms with van der Waals surface area (Å²) in [7, 11) is 0. The Kier molecular flexibility index (Phi) is 5.30. The highest BCUT2D eigenvalue weighted by Crippen LogP contribution is 2.23. The van der Waals surface area contributed by atoms with Gasteiger partial charge in [-0.15, -0.1) is 0 Å². The molecule has 0 radical (unpaired) electrons. The maximum atomic E-state index is 12.9. The Bertz CT molecular complexity index is 1210. The summed E-state index contributed by atoms with van der Waals surface area (Å²) in [5.41, 5.74) is 1.00. The Morgan fingerprint density at radius 3 is 2.66 bits per heavy atom. The third-order valence-electron chi connectivity index (χ3n) is 3.97. The van der Waals surface area contributed by atoms with Gasteiger partial charge in [-0.2, -0.15) is 9.61 Å². The Labute approximate surface area is 168 Å². The highest BCUT2D eigenvalue weighted by atomic mass is 32.1. The summed E-state index contributed by atoms with van der Waals surface area (Å²) in [6.45, 7) is -0.151. The van der Waals surface area contributed by atoms with Crippen LogP contribution >= 0.6 is 11.3 Å². The van der Waals surface area contributed by atoms with E-state index in [0.29, 0.717) is 21.4 Å². The molecule has 2 aromatic heterocycles. The standard InChI is InChI=1S/C20H15FN4O3S/c21-14-6-8-16(9-7-14)28-12-17(26)22-11-15-10-18(27)25-20(23-15)29-19(24-25)13-4-2-1-3-5-13/h1-10H,11-12H2,(H,22,26). The van der Waals surface area contributed by atoms with Gasteiger partial charge in [0.15, 0.2) is 6.61 Å². The molecule has 0 atom stereocenters. The van der Waals surface area contributed by atoms with Crippen molar-refractivity contribution in [3.8, 4) is 16.3 Å². The minimum Gasteiger partial charge on any atom is -0.484 e. The van der Waals surface area contributed by atoms with E-state index in [-0.39, 0.29) is 30.4 Å². The van der Waals surface area contributed by atoms with E-state index < -0.39 is 0 Å². The average molecular weight is 410 g/mol. The topological polar surface area (TPSA) is 85.6 Å². The number of hydrogen-bond acceptors (Lipinski definition) is 6. The van der Waals surface area contributed by atoms with Gasteiger partial charge >= 0.3 is 0 Å². The van der Waals surface area contributed by atoms with E-state index in [1.807, 2.05) is 30.3 Å². The first-order valence-electron chi connectivity index (χ1n) is 8.69. The number of fused-ring (bicyclic) bond motifs is 1. The van der Waals surface area contributed by atoms with Gasteiger partial charge in [0.25, 0.3) is 11.5 Å². The van der Waals surface area contributed by atoms with Crippen LogP contribution < -0.4 is 15.6 Å². The number of nitrogens with one attached hydrogen (secondary N) is 1. The van der Waals surface area contributed by atoms with E-state index in [1.54, 1.807) is 0 Å². The Morgan fingerprint density at radius 2 is 1.90 bits per heavy atom. The third kappa shape index (κ3) is 4.46. The number of benzene rings is 2. The molecule has 0 saturated carbocycles. The molecule has 1 N–H and O–H groups in total. The Balaban J connectivity index is 1.42. The van der Waals surface area contributed by atoms with Gasteiger partial charge in [-0.1, -0.05) is 41.7 Å². The van der Waals surface area contributed by atoms with E-state index in [0.717, 1.165) is 5.56 Å². The fourth-order valence-corrected chi connectivity index (χ4v) is 3.49. The first kappa shape index (κ1) is 18.8. The van der Waals surface area contributed by atoms with Gasteiger partial charge in [-0.3, -0.25) is 9.59 Å². The molecule has 0 saturated heterocycles. The van der Waals surface area contributed by atoms with Gasteiger partial charge in [0.1, 0.15) is 16.6 Å². The lowest BCUT2D eigenvalue weighted by atomic mass is 10.2. The van der Waals surface area contributed by atoms with Crippen LogP contribution in [0.3, 0.4) is 0 Å². The minimum absolute atomic E-state index is 0.0793. The molecule has 4 rings (SSSR count). The summed E-state index contributed by atoms with van der Waals surface area (Å²) in [6.07, 6.45) is 0. The van der Waals surface area contributed by atoms with Crippen LogP contribution in [0.5, 0.6) is 5.75 Å². The normalized spacial score (nSPS) is 10.8. The molecule has 9 heteroatoms. The molecule has 0 aliphatic rings. The van der Waals surface area contributed by atoms with E-state index in [4.69, 9.17) is 4.74 Å². The number of carbonyl (C=O) groups excluding carboxylic acids is 1. The molecule has 0 fully saturated rings. The zero-order valence-electron chi connectivity index (χ0n) is 15.0. The van der Waals surface area contributed by atoms with Crippen LogP contribution in [-0.2, 0) is 11.3 Å². The van der Waals surface area contributed by atoms with Crippen molar-refractivity contribution in [2.45, 2.75) is 6.54 Å². The van der Waals surface area contributed by atoms with Gasteiger partial charge in [0.05, 0.1) is 12.2 Å². The first-order valence-corrected chi connectivity index (χ1v) is 9.50. The number of nitrogens with zero attached hydrogens (tertiary/aromatic N) is 3. The van der Waals surface area contributed by atoms with Crippen LogP contribution in [0.2, 0.25) is 0 Å². The van der Waals surface area contributed by atoms with Crippen molar-refractivity contribution in [2.24, 2.45) is 0 Å². The largest absolute Gasteiger partial charge is 0.484 e. The predicted molar refractivity (Wildman–Crippen MR) is 106 cm³/mol. The number of aromatic nitrogens is 3. The second-order valence-electron chi connectivity index (χ2n) is 6.07. The van der Waals surface area contributed by atoms with Crippen LogP contribution in [0, 0.1) is 5.82 Å². The van der Waals surface area contributed by atoms with Crippen molar-refractivity contribution in [1.29, 1.82) is 0 Å². The number of rotatable bonds is 6. The number of amides is 1. The highest BCUT2D eigenvalue weighted by Gasteiger charge is 2.11. The van der Waals surface area contributed by atoms with E-state index in [1.165, 1.54) is 46.2 Å². The van der Waals surface area contributed by atoms with E-state index in [9.17, 15) is 14.0 Å². The lowest BCUT2D eigenvalue weighted by molar-refractivity contribution is -0.123. The molecule has 0 bridgehead atoms. The minimum atomic E-state index is -0.384. The molecule has 4 aromatic rings. The molecule has 1 amide bonds. The van der Waals surface area contributed by atoms with Crippen molar-refractivity contribution >= 4 is 22.2 Å². The van der Waals surface area contributed by atoms with Crippen molar-refractivity contribution in [2.75, 3.05) is 6.61 Å². The summed E-state index contributed by atoms with van der Waals surface area (Å²) < 4.78 is 19.4. The zero-order chi connectivity index (χ0) is 20.2. The quantitative estimate of drug-likeness (QED) is 0.528.